The second-order valence-corrected chi connectivity index (χ2v) is 3.09. The Morgan fingerprint density at radius 2 is 1.92 bits per heavy atom. The third-order valence-electron chi connectivity index (χ3n) is 1.55. The summed E-state index contributed by atoms with van der Waals surface area (Å²) in [6.07, 6.45) is 4.06. The molecule has 0 spiro atoms. The van der Waals surface area contributed by atoms with Gasteiger partial charge in [-0.3, -0.25) is 0 Å². The summed E-state index contributed by atoms with van der Waals surface area (Å²) in [5, 5.41) is 0. The number of thiol groups is 1. The highest BCUT2D eigenvalue weighted by atomic mass is 35.5. The first-order chi connectivity index (χ1) is 5.86. The molecule has 2 heteroatoms. The minimum Gasteiger partial charge on any atom is -0.175 e. The summed E-state index contributed by atoms with van der Waals surface area (Å²) in [5.74, 6) is 1.35. The Labute approximate surface area is 83.7 Å². The zero-order valence-corrected chi connectivity index (χ0v) is 8.35. The SMILES string of the molecule is SCC=Cc1ccc(CCl)cc1. The summed E-state index contributed by atoms with van der Waals surface area (Å²) in [6, 6.07) is 8.17. The first-order valence-electron chi connectivity index (χ1n) is 3.79. The lowest BCUT2D eigenvalue weighted by Crippen LogP contribution is -1.77. The van der Waals surface area contributed by atoms with Crippen molar-refractivity contribution in [1.82, 2.24) is 0 Å². The molecule has 1 aromatic rings. The van der Waals surface area contributed by atoms with Crippen LogP contribution in [-0.2, 0) is 5.88 Å². The molecule has 0 bridgehead atoms. The van der Waals surface area contributed by atoms with E-state index in [9.17, 15) is 0 Å². The van der Waals surface area contributed by atoms with Crippen LogP contribution in [0.1, 0.15) is 11.1 Å². The molecule has 0 N–H and O–H groups in total. The monoisotopic (exact) mass is 198 g/mol. The highest BCUT2D eigenvalue weighted by molar-refractivity contribution is 7.80. The lowest BCUT2D eigenvalue weighted by Gasteiger charge is -1.95. The Balaban J connectivity index is 2.71. The fourth-order valence-corrected chi connectivity index (χ4v) is 1.19. The van der Waals surface area contributed by atoms with Crippen molar-refractivity contribution in [1.29, 1.82) is 0 Å². The van der Waals surface area contributed by atoms with Gasteiger partial charge in [-0.25, -0.2) is 0 Å². The summed E-state index contributed by atoms with van der Waals surface area (Å²) in [5.41, 5.74) is 2.35. The van der Waals surface area contributed by atoms with Gasteiger partial charge in [0.1, 0.15) is 0 Å². The fourth-order valence-electron chi connectivity index (χ4n) is 0.907. The Morgan fingerprint density at radius 3 is 2.42 bits per heavy atom. The maximum atomic E-state index is 5.65. The first kappa shape index (κ1) is 9.69. The molecule has 0 radical (unpaired) electrons. The van der Waals surface area contributed by atoms with Crippen LogP contribution in [0.25, 0.3) is 6.08 Å². The Kier molecular flexibility index (Phi) is 4.26. The number of rotatable bonds is 3. The lowest BCUT2D eigenvalue weighted by molar-refractivity contribution is 1.40. The van der Waals surface area contributed by atoms with Gasteiger partial charge in [0.15, 0.2) is 0 Å². The number of hydrogen-bond donors (Lipinski definition) is 1. The van der Waals surface area contributed by atoms with Crippen LogP contribution in [0, 0.1) is 0 Å². The van der Waals surface area contributed by atoms with Crippen LogP contribution in [0.2, 0.25) is 0 Å². The van der Waals surface area contributed by atoms with E-state index >= 15 is 0 Å². The van der Waals surface area contributed by atoms with Gasteiger partial charge in [0.2, 0.25) is 0 Å². The van der Waals surface area contributed by atoms with Gasteiger partial charge in [-0.2, -0.15) is 12.6 Å². The van der Waals surface area contributed by atoms with Crippen molar-refractivity contribution in [2.75, 3.05) is 5.75 Å². The zero-order valence-electron chi connectivity index (χ0n) is 6.70. The minimum absolute atomic E-state index is 0.580. The summed E-state index contributed by atoms with van der Waals surface area (Å²) >= 11 is 9.74. The van der Waals surface area contributed by atoms with Gasteiger partial charge in [0, 0.05) is 11.6 Å². The smallest absolute Gasteiger partial charge is 0.0474 e. The molecule has 1 aromatic carbocycles. The maximum absolute atomic E-state index is 5.65. The van der Waals surface area contributed by atoms with Crippen molar-refractivity contribution >= 4 is 30.3 Å². The summed E-state index contributed by atoms with van der Waals surface area (Å²) in [6.45, 7) is 0. The second-order valence-electron chi connectivity index (χ2n) is 2.46. The van der Waals surface area contributed by atoms with E-state index in [0.717, 1.165) is 11.3 Å². The number of halogens is 1. The molecule has 0 saturated carbocycles. The topological polar surface area (TPSA) is 0 Å². The van der Waals surface area contributed by atoms with Crippen LogP contribution in [0.4, 0.5) is 0 Å². The second kappa shape index (κ2) is 5.28. The quantitative estimate of drug-likeness (QED) is 0.559. The van der Waals surface area contributed by atoms with Gasteiger partial charge in [0.05, 0.1) is 0 Å². The Morgan fingerprint density at radius 1 is 1.25 bits per heavy atom. The molecule has 1 rings (SSSR count). The normalized spacial score (nSPS) is 10.8. The lowest BCUT2D eigenvalue weighted by atomic mass is 10.1. The summed E-state index contributed by atoms with van der Waals surface area (Å²) in [7, 11) is 0. The first-order valence-corrected chi connectivity index (χ1v) is 4.96. The van der Waals surface area contributed by atoms with E-state index in [-0.39, 0.29) is 0 Å². The maximum Gasteiger partial charge on any atom is 0.0474 e. The number of hydrogen-bond acceptors (Lipinski definition) is 1. The molecule has 0 fully saturated rings. The predicted molar refractivity (Wildman–Crippen MR) is 58.9 cm³/mol. The third kappa shape index (κ3) is 2.92. The molecular formula is C10H11ClS. The number of alkyl halides is 1. The van der Waals surface area contributed by atoms with E-state index in [0.29, 0.717) is 5.88 Å². The van der Waals surface area contributed by atoms with Crippen LogP contribution in [-0.4, -0.2) is 5.75 Å². The van der Waals surface area contributed by atoms with E-state index in [1.165, 1.54) is 5.56 Å². The van der Waals surface area contributed by atoms with Crippen molar-refractivity contribution in [2.24, 2.45) is 0 Å². The molecular weight excluding hydrogens is 188 g/mol. The van der Waals surface area contributed by atoms with Gasteiger partial charge in [-0.05, 0) is 11.1 Å². The molecule has 0 amide bonds. The van der Waals surface area contributed by atoms with Gasteiger partial charge < -0.3 is 0 Å². The van der Waals surface area contributed by atoms with Crippen LogP contribution in [0.3, 0.4) is 0 Å². The molecule has 0 aliphatic rings. The molecule has 0 nitrogen and oxygen atoms in total. The molecule has 0 unspecified atom stereocenters. The van der Waals surface area contributed by atoms with E-state index < -0.39 is 0 Å². The van der Waals surface area contributed by atoms with Crippen LogP contribution >= 0.6 is 24.2 Å². The highest BCUT2D eigenvalue weighted by Crippen LogP contribution is 2.08. The largest absolute Gasteiger partial charge is 0.175 e. The van der Waals surface area contributed by atoms with Gasteiger partial charge in [-0.1, -0.05) is 36.4 Å². The molecule has 12 heavy (non-hydrogen) atoms. The molecule has 64 valence electrons. The Hall–Kier alpha value is -0.400. The molecule has 0 aromatic heterocycles. The minimum atomic E-state index is 0.580. The average Bonchev–Trinajstić information content (AvgIpc) is 2.15. The Bertz CT molecular complexity index is 251. The molecule has 0 aliphatic heterocycles. The van der Waals surface area contributed by atoms with E-state index in [1.807, 2.05) is 24.3 Å². The fraction of sp³-hybridized carbons (Fsp3) is 0.200. The van der Waals surface area contributed by atoms with E-state index in [2.05, 4.69) is 24.8 Å². The van der Waals surface area contributed by atoms with Crippen molar-refractivity contribution in [3.63, 3.8) is 0 Å². The zero-order chi connectivity index (χ0) is 8.81. The van der Waals surface area contributed by atoms with Crippen LogP contribution < -0.4 is 0 Å². The molecule has 0 saturated heterocycles. The van der Waals surface area contributed by atoms with Crippen molar-refractivity contribution in [3.05, 3.63) is 41.5 Å². The van der Waals surface area contributed by atoms with Crippen molar-refractivity contribution in [2.45, 2.75) is 5.88 Å². The van der Waals surface area contributed by atoms with Crippen LogP contribution in [0.5, 0.6) is 0 Å². The van der Waals surface area contributed by atoms with Gasteiger partial charge in [-0.15, -0.1) is 11.6 Å². The van der Waals surface area contributed by atoms with E-state index in [1.54, 1.807) is 0 Å². The van der Waals surface area contributed by atoms with E-state index in [4.69, 9.17) is 11.6 Å². The predicted octanol–water partition coefficient (Wildman–Crippen LogP) is 3.37. The van der Waals surface area contributed by atoms with Gasteiger partial charge in [0.25, 0.3) is 0 Å². The van der Waals surface area contributed by atoms with Crippen molar-refractivity contribution in [3.8, 4) is 0 Å². The highest BCUT2D eigenvalue weighted by Gasteiger charge is 1.88. The summed E-state index contributed by atoms with van der Waals surface area (Å²) in [4.78, 5) is 0. The van der Waals surface area contributed by atoms with Crippen LogP contribution in [0.15, 0.2) is 30.3 Å². The standard InChI is InChI=1S/C10H11ClS/c11-8-10-5-3-9(4-6-10)2-1-7-12/h1-6,12H,7-8H2. The van der Waals surface area contributed by atoms with Crippen molar-refractivity contribution < 1.29 is 0 Å². The molecule has 0 aliphatic carbocycles. The third-order valence-corrected chi connectivity index (χ3v) is 2.07. The summed E-state index contributed by atoms with van der Waals surface area (Å²) < 4.78 is 0. The van der Waals surface area contributed by atoms with Gasteiger partial charge >= 0.3 is 0 Å². The molecule has 0 heterocycles. The number of benzene rings is 1. The average molecular weight is 199 g/mol. The molecule has 0 atom stereocenters.